The molecule has 0 radical (unpaired) electrons. The number of aromatic nitrogens is 1. The van der Waals surface area contributed by atoms with Crippen LogP contribution in [-0.4, -0.2) is 41.1 Å². The van der Waals surface area contributed by atoms with E-state index in [0.717, 1.165) is 18.1 Å². The van der Waals surface area contributed by atoms with Crippen LogP contribution >= 0.6 is 0 Å². The summed E-state index contributed by atoms with van der Waals surface area (Å²) in [5.41, 5.74) is 5.41. The SMILES string of the molecule is C/C=C(\C/C(=C/NCc1cnc(OCC(C)(F)C(F)F)c(C)c1)C1C=NN1)NO. The normalized spacial score (nSPS) is 18.7. The fourth-order valence-electron chi connectivity index (χ4n) is 2.45. The summed E-state index contributed by atoms with van der Waals surface area (Å²) in [5, 5.41) is 16.2. The first-order valence-electron chi connectivity index (χ1n) is 9.08. The van der Waals surface area contributed by atoms with Gasteiger partial charge in [0, 0.05) is 30.4 Å². The summed E-state index contributed by atoms with van der Waals surface area (Å²) in [6.45, 7) is 4.01. The molecule has 10 heteroatoms. The lowest BCUT2D eigenvalue weighted by atomic mass is 10.0. The number of alkyl halides is 3. The first kappa shape index (κ1) is 22.5. The molecule has 0 amide bonds. The van der Waals surface area contributed by atoms with E-state index in [1.54, 1.807) is 25.3 Å². The summed E-state index contributed by atoms with van der Waals surface area (Å²) in [5.74, 6) is 0.121. The molecule has 0 fully saturated rings. The van der Waals surface area contributed by atoms with Crippen LogP contribution < -0.4 is 21.0 Å². The van der Waals surface area contributed by atoms with Gasteiger partial charge in [-0.25, -0.2) is 18.2 Å². The number of hydrogen-bond acceptors (Lipinski definition) is 7. The molecule has 1 aliphatic rings. The van der Waals surface area contributed by atoms with Crippen LogP contribution in [0.2, 0.25) is 0 Å². The third-order valence-corrected chi connectivity index (χ3v) is 4.35. The van der Waals surface area contributed by atoms with Crippen molar-refractivity contribution in [1.82, 2.24) is 21.2 Å². The highest BCUT2D eigenvalue weighted by molar-refractivity contribution is 5.73. The molecule has 29 heavy (non-hydrogen) atoms. The van der Waals surface area contributed by atoms with Crippen LogP contribution in [0.5, 0.6) is 5.88 Å². The molecule has 0 saturated carbocycles. The van der Waals surface area contributed by atoms with Crippen molar-refractivity contribution in [3.63, 3.8) is 0 Å². The Morgan fingerprint density at radius 1 is 1.48 bits per heavy atom. The van der Waals surface area contributed by atoms with E-state index in [1.165, 1.54) is 6.20 Å². The van der Waals surface area contributed by atoms with E-state index in [2.05, 4.69) is 26.3 Å². The summed E-state index contributed by atoms with van der Waals surface area (Å²) < 4.78 is 43.9. The van der Waals surface area contributed by atoms with Gasteiger partial charge in [-0.15, -0.1) is 0 Å². The minimum Gasteiger partial charge on any atom is -0.474 e. The third kappa shape index (κ3) is 6.38. The molecule has 0 aliphatic carbocycles. The maximum Gasteiger partial charge on any atom is 0.275 e. The number of pyridine rings is 1. The van der Waals surface area contributed by atoms with Crippen molar-refractivity contribution in [2.75, 3.05) is 6.61 Å². The summed E-state index contributed by atoms with van der Waals surface area (Å²) >= 11 is 0. The van der Waals surface area contributed by atoms with E-state index in [0.29, 0.717) is 24.2 Å². The Morgan fingerprint density at radius 3 is 2.72 bits per heavy atom. The molecule has 1 aromatic rings. The lowest BCUT2D eigenvalue weighted by Gasteiger charge is -2.23. The topological polar surface area (TPSA) is 90.8 Å². The summed E-state index contributed by atoms with van der Waals surface area (Å²) in [7, 11) is 0. The zero-order chi connectivity index (χ0) is 21.4. The molecule has 7 nitrogen and oxygen atoms in total. The fourth-order valence-corrected chi connectivity index (χ4v) is 2.45. The van der Waals surface area contributed by atoms with Crippen molar-refractivity contribution in [2.24, 2.45) is 5.10 Å². The average molecular weight is 413 g/mol. The van der Waals surface area contributed by atoms with Crippen LogP contribution in [-0.2, 0) is 6.54 Å². The van der Waals surface area contributed by atoms with Gasteiger partial charge in [0.05, 0.1) is 6.21 Å². The van der Waals surface area contributed by atoms with Gasteiger partial charge in [-0.05, 0) is 44.2 Å². The predicted molar refractivity (Wildman–Crippen MR) is 104 cm³/mol. The van der Waals surface area contributed by atoms with Crippen LogP contribution in [0.25, 0.3) is 0 Å². The van der Waals surface area contributed by atoms with Crippen LogP contribution in [0.4, 0.5) is 13.2 Å². The molecule has 2 heterocycles. The number of ether oxygens (including phenoxy) is 1. The number of allylic oxidation sites excluding steroid dienone is 2. The van der Waals surface area contributed by atoms with E-state index in [9.17, 15) is 13.2 Å². The van der Waals surface area contributed by atoms with Gasteiger partial charge in [-0.1, -0.05) is 6.08 Å². The summed E-state index contributed by atoms with van der Waals surface area (Å²) in [6.07, 6.45) is 4.27. The average Bonchev–Trinajstić information content (AvgIpc) is 2.63. The minimum atomic E-state index is -3.13. The Balaban J connectivity index is 1.96. The number of aryl methyl sites for hydroxylation is 1. The van der Waals surface area contributed by atoms with Crippen molar-refractivity contribution in [2.45, 2.75) is 51.9 Å². The van der Waals surface area contributed by atoms with E-state index in [-0.39, 0.29) is 11.9 Å². The predicted octanol–water partition coefficient (Wildman–Crippen LogP) is 2.97. The molecule has 1 aromatic heterocycles. The maximum atomic E-state index is 13.6. The van der Waals surface area contributed by atoms with Gasteiger partial charge in [-0.2, -0.15) is 5.10 Å². The molecule has 0 bridgehead atoms. The third-order valence-electron chi connectivity index (χ3n) is 4.35. The van der Waals surface area contributed by atoms with Crippen LogP contribution in [0.3, 0.4) is 0 Å². The zero-order valence-corrected chi connectivity index (χ0v) is 16.5. The molecule has 4 N–H and O–H groups in total. The van der Waals surface area contributed by atoms with Crippen molar-refractivity contribution in [3.8, 4) is 5.88 Å². The Labute approximate surface area is 167 Å². The first-order valence-corrected chi connectivity index (χ1v) is 9.08. The smallest absolute Gasteiger partial charge is 0.275 e. The number of nitrogens with zero attached hydrogens (tertiary/aromatic N) is 2. The number of hydroxylamine groups is 1. The van der Waals surface area contributed by atoms with Crippen molar-refractivity contribution >= 4 is 6.21 Å². The van der Waals surface area contributed by atoms with E-state index < -0.39 is 18.7 Å². The van der Waals surface area contributed by atoms with Gasteiger partial charge in [0.15, 0.2) is 0 Å². The van der Waals surface area contributed by atoms with E-state index in [1.807, 2.05) is 13.1 Å². The highest BCUT2D eigenvalue weighted by atomic mass is 19.3. The van der Waals surface area contributed by atoms with Gasteiger partial charge in [0.25, 0.3) is 6.43 Å². The monoisotopic (exact) mass is 413 g/mol. The lowest BCUT2D eigenvalue weighted by Crippen LogP contribution is -2.38. The standard InChI is InChI=1S/C19H26F3N5O2/c1-4-15(27-28)6-14(16-10-25-26-16)9-23-7-13-5-12(2)17(24-8-13)29-11-19(3,22)18(20)21/h4-5,8-10,16,18,23,26-28H,6-7,11H2,1-3H3/b14-9-,15-4+. The Hall–Kier alpha value is -2.75. The second-order valence-electron chi connectivity index (χ2n) is 6.92. The number of hydrogen-bond donors (Lipinski definition) is 4. The van der Waals surface area contributed by atoms with Gasteiger partial charge in [0.1, 0.15) is 12.6 Å². The maximum absolute atomic E-state index is 13.6. The highest BCUT2D eigenvalue weighted by Gasteiger charge is 2.36. The Morgan fingerprint density at radius 2 is 2.21 bits per heavy atom. The second kappa shape index (κ2) is 10.1. The molecule has 0 saturated heterocycles. The van der Waals surface area contributed by atoms with Crippen molar-refractivity contribution in [1.29, 1.82) is 0 Å². The largest absolute Gasteiger partial charge is 0.474 e. The molecule has 2 atom stereocenters. The lowest BCUT2D eigenvalue weighted by molar-refractivity contribution is -0.0491. The summed E-state index contributed by atoms with van der Waals surface area (Å²) in [4.78, 5) is 4.10. The van der Waals surface area contributed by atoms with Crippen LogP contribution in [0.1, 0.15) is 31.4 Å². The van der Waals surface area contributed by atoms with Gasteiger partial charge < -0.3 is 10.1 Å². The number of rotatable bonds is 11. The quantitative estimate of drug-likeness (QED) is 0.417. The van der Waals surface area contributed by atoms with Crippen LogP contribution in [0, 0.1) is 6.92 Å². The second-order valence-corrected chi connectivity index (χ2v) is 6.92. The van der Waals surface area contributed by atoms with Crippen molar-refractivity contribution < 1.29 is 23.1 Å². The number of nitrogens with one attached hydrogen (secondary N) is 3. The van der Waals surface area contributed by atoms with Gasteiger partial charge in [0.2, 0.25) is 11.5 Å². The molecule has 2 unspecified atom stereocenters. The van der Waals surface area contributed by atoms with Crippen LogP contribution in [0.15, 0.2) is 40.9 Å². The first-order chi connectivity index (χ1) is 13.8. The highest BCUT2D eigenvalue weighted by Crippen LogP contribution is 2.23. The van der Waals surface area contributed by atoms with Crippen molar-refractivity contribution in [3.05, 3.63) is 46.9 Å². The zero-order valence-electron chi connectivity index (χ0n) is 16.5. The Kier molecular flexibility index (Phi) is 7.89. The molecular formula is C19H26F3N5O2. The molecular weight excluding hydrogens is 387 g/mol. The van der Waals surface area contributed by atoms with Gasteiger partial charge in [-0.3, -0.25) is 16.1 Å². The molecule has 2 rings (SSSR count). The molecule has 0 aromatic carbocycles. The van der Waals surface area contributed by atoms with E-state index in [4.69, 9.17) is 9.94 Å². The Bertz CT molecular complexity index is 781. The minimum absolute atomic E-state index is 0.0220. The summed E-state index contributed by atoms with van der Waals surface area (Å²) in [6, 6.07) is 1.77. The molecule has 1 aliphatic heterocycles. The molecule has 0 spiro atoms. The fraction of sp³-hybridized carbons (Fsp3) is 0.474. The number of halogens is 3. The van der Waals surface area contributed by atoms with Gasteiger partial charge >= 0.3 is 0 Å². The van der Waals surface area contributed by atoms with E-state index >= 15 is 0 Å². The molecule has 160 valence electrons. The number of hydrazone groups is 1.